The van der Waals surface area contributed by atoms with Crippen LogP contribution in [0.2, 0.25) is 0 Å². The molecule has 1 saturated carbocycles. The van der Waals surface area contributed by atoms with Crippen LogP contribution in [-0.2, 0) is 11.8 Å². The van der Waals surface area contributed by atoms with Gasteiger partial charge in [-0.3, -0.25) is 0 Å². The minimum absolute atomic E-state index is 0.200. The van der Waals surface area contributed by atoms with Gasteiger partial charge in [-0.25, -0.2) is 4.98 Å². The second-order valence-corrected chi connectivity index (χ2v) is 6.94. The highest BCUT2D eigenvalue weighted by Gasteiger charge is 2.14. The molecule has 2 N–H and O–H groups in total. The summed E-state index contributed by atoms with van der Waals surface area (Å²) in [5.74, 6) is 1.07. The SMILES string of the molecule is CCc1nc2ccc(C(C)(C)C)cc2[nH]1.CNC1CCC1. The first-order valence-corrected chi connectivity index (χ1v) is 8.10. The van der Waals surface area contributed by atoms with Crippen LogP contribution in [0.4, 0.5) is 0 Å². The summed E-state index contributed by atoms with van der Waals surface area (Å²) in [7, 11) is 2.03. The Bertz CT molecular complexity index is 571. The van der Waals surface area contributed by atoms with Gasteiger partial charge in [-0.05, 0) is 43.0 Å². The fourth-order valence-corrected chi connectivity index (χ4v) is 2.39. The lowest BCUT2D eigenvalue weighted by molar-refractivity contribution is 0.361. The second-order valence-electron chi connectivity index (χ2n) is 6.94. The molecule has 0 saturated heterocycles. The highest BCUT2D eigenvalue weighted by molar-refractivity contribution is 5.76. The number of benzene rings is 1. The van der Waals surface area contributed by atoms with Gasteiger partial charge < -0.3 is 10.3 Å². The molecular formula is C18H29N3. The van der Waals surface area contributed by atoms with E-state index < -0.39 is 0 Å². The molecule has 0 atom stereocenters. The number of imidazole rings is 1. The zero-order valence-electron chi connectivity index (χ0n) is 14.1. The largest absolute Gasteiger partial charge is 0.342 e. The predicted octanol–water partition coefficient (Wildman–Crippen LogP) is 4.18. The molecule has 1 fully saturated rings. The lowest BCUT2D eigenvalue weighted by Crippen LogP contribution is -2.31. The molecule has 1 heterocycles. The van der Waals surface area contributed by atoms with Gasteiger partial charge in [0.05, 0.1) is 11.0 Å². The third-order valence-electron chi connectivity index (χ3n) is 4.25. The molecule has 1 aromatic carbocycles. The van der Waals surface area contributed by atoms with E-state index in [9.17, 15) is 0 Å². The van der Waals surface area contributed by atoms with E-state index in [1.165, 1.54) is 24.8 Å². The fraction of sp³-hybridized carbons (Fsp3) is 0.611. The van der Waals surface area contributed by atoms with Crippen LogP contribution in [0, 0.1) is 0 Å². The van der Waals surface area contributed by atoms with Crippen LogP contribution in [0.3, 0.4) is 0 Å². The van der Waals surface area contributed by atoms with Crippen molar-refractivity contribution < 1.29 is 0 Å². The van der Waals surface area contributed by atoms with Gasteiger partial charge in [-0.15, -0.1) is 0 Å². The maximum absolute atomic E-state index is 4.50. The average molecular weight is 287 g/mol. The third-order valence-corrected chi connectivity index (χ3v) is 4.25. The topological polar surface area (TPSA) is 40.7 Å². The van der Waals surface area contributed by atoms with E-state index in [4.69, 9.17) is 0 Å². The van der Waals surface area contributed by atoms with E-state index >= 15 is 0 Å². The smallest absolute Gasteiger partial charge is 0.106 e. The van der Waals surface area contributed by atoms with E-state index in [-0.39, 0.29) is 5.41 Å². The summed E-state index contributed by atoms with van der Waals surface area (Å²) in [5.41, 5.74) is 3.77. The van der Waals surface area contributed by atoms with E-state index in [1.807, 2.05) is 7.05 Å². The highest BCUT2D eigenvalue weighted by atomic mass is 14.9. The first kappa shape index (κ1) is 16.0. The molecule has 0 radical (unpaired) electrons. The molecule has 3 rings (SSSR count). The van der Waals surface area contributed by atoms with Crippen molar-refractivity contribution in [2.75, 3.05) is 7.05 Å². The zero-order chi connectivity index (χ0) is 15.5. The van der Waals surface area contributed by atoms with Crippen molar-refractivity contribution >= 4 is 11.0 Å². The summed E-state index contributed by atoms with van der Waals surface area (Å²) in [6.45, 7) is 8.80. The molecule has 0 unspecified atom stereocenters. The van der Waals surface area contributed by atoms with Gasteiger partial charge in [-0.1, -0.05) is 40.2 Å². The molecule has 1 aromatic heterocycles. The Kier molecular flexibility index (Phi) is 5.04. The summed E-state index contributed by atoms with van der Waals surface area (Å²) in [4.78, 5) is 7.85. The van der Waals surface area contributed by atoms with E-state index in [1.54, 1.807) is 0 Å². The molecule has 0 amide bonds. The Hall–Kier alpha value is -1.35. The van der Waals surface area contributed by atoms with Crippen molar-refractivity contribution in [3.8, 4) is 0 Å². The number of aryl methyl sites for hydroxylation is 1. The van der Waals surface area contributed by atoms with Crippen LogP contribution in [0.5, 0.6) is 0 Å². The predicted molar refractivity (Wildman–Crippen MR) is 90.9 cm³/mol. The number of H-pyrrole nitrogens is 1. The molecular weight excluding hydrogens is 258 g/mol. The van der Waals surface area contributed by atoms with Crippen LogP contribution in [0.15, 0.2) is 18.2 Å². The van der Waals surface area contributed by atoms with Gasteiger partial charge in [0.1, 0.15) is 5.82 Å². The lowest BCUT2D eigenvalue weighted by Gasteiger charge is -2.23. The number of nitrogens with zero attached hydrogens (tertiary/aromatic N) is 1. The van der Waals surface area contributed by atoms with Gasteiger partial charge in [-0.2, -0.15) is 0 Å². The lowest BCUT2D eigenvalue weighted by atomic mass is 9.87. The number of fused-ring (bicyclic) bond motifs is 1. The van der Waals surface area contributed by atoms with Gasteiger partial charge >= 0.3 is 0 Å². The minimum atomic E-state index is 0.200. The van der Waals surface area contributed by atoms with E-state index in [0.717, 1.165) is 29.3 Å². The summed E-state index contributed by atoms with van der Waals surface area (Å²) in [6, 6.07) is 7.35. The molecule has 2 aromatic rings. The fourth-order valence-electron chi connectivity index (χ4n) is 2.39. The third kappa shape index (κ3) is 4.07. The van der Waals surface area contributed by atoms with Crippen LogP contribution < -0.4 is 5.32 Å². The van der Waals surface area contributed by atoms with Gasteiger partial charge in [0.25, 0.3) is 0 Å². The number of rotatable bonds is 2. The van der Waals surface area contributed by atoms with Crippen LogP contribution in [0.1, 0.15) is 58.3 Å². The van der Waals surface area contributed by atoms with Gasteiger partial charge in [0.15, 0.2) is 0 Å². The summed E-state index contributed by atoms with van der Waals surface area (Å²) >= 11 is 0. The van der Waals surface area contributed by atoms with Crippen molar-refractivity contribution in [2.45, 2.75) is 64.8 Å². The summed E-state index contributed by atoms with van der Waals surface area (Å²) in [6.07, 6.45) is 5.19. The van der Waals surface area contributed by atoms with Crippen LogP contribution in [-0.4, -0.2) is 23.1 Å². The van der Waals surface area contributed by atoms with E-state index in [0.29, 0.717) is 0 Å². The number of nitrogens with one attached hydrogen (secondary N) is 2. The molecule has 0 spiro atoms. The van der Waals surface area contributed by atoms with Crippen molar-refractivity contribution in [3.05, 3.63) is 29.6 Å². The Morgan fingerprint density at radius 2 is 2.00 bits per heavy atom. The Labute approximate surface area is 128 Å². The molecule has 0 aliphatic heterocycles. The monoisotopic (exact) mass is 287 g/mol. The van der Waals surface area contributed by atoms with Gasteiger partial charge in [0.2, 0.25) is 0 Å². The number of aromatic nitrogens is 2. The Morgan fingerprint density at radius 1 is 1.29 bits per heavy atom. The molecule has 3 heteroatoms. The van der Waals surface area contributed by atoms with E-state index in [2.05, 4.69) is 61.2 Å². The Morgan fingerprint density at radius 3 is 2.43 bits per heavy atom. The first-order chi connectivity index (χ1) is 9.94. The zero-order valence-corrected chi connectivity index (χ0v) is 14.1. The first-order valence-electron chi connectivity index (χ1n) is 8.10. The normalized spacial score (nSPS) is 15.5. The number of hydrogen-bond donors (Lipinski definition) is 2. The molecule has 21 heavy (non-hydrogen) atoms. The van der Waals surface area contributed by atoms with Crippen molar-refractivity contribution in [1.29, 1.82) is 0 Å². The van der Waals surface area contributed by atoms with Crippen molar-refractivity contribution in [3.63, 3.8) is 0 Å². The summed E-state index contributed by atoms with van der Waals surface area (Å²) in [5, 5.41) is 3.20. The molecule has 0 bridgehead atoms. The highest BCUT2D eigenvalue weighted by Crippen LogP contribution is 2.25. The Balaban J connectivity index is 0.000000225. The number of aromatic amines is 1. The maximum atomic E-state index is 4.50. The standard InChI is InChI=1S/C13H18N2.C5H11N/c1-5-12-14-10-7-6-9(13(2,3)4)8-11(10)15-12;1-6-5-3-2-4-5/h6-8H,5H2,1-4H3,(H,14,15);5-6H,2-4H2,1H3. The molecule has 116 valence electrons. The second kappa shape index (κ2) is 6.61. The molecule has 3 nitrogen and oxygen atoms in total. The average Bonchev–Trinajstić information content (AvgIpc) is 2.79. The van der Waals surface area contributed by atoms with Gasteiger partial charge in [0, 0.05) is 12.5 Å². The quantitative estimate of drug-likeness (QED) is 0.870. The van der Waals surface area contributed by atoms with Crippen molar-refractivity contribution in [2.24, 2.45) is 0 Å². The maximum Gasteiger partial charge on any atom is 0.106 e. The minimum Gasteiger partial charge on any atom is -0.342 e. The molecule has 1 aliphatic carbocycles. The molecule has 1 aliphatic rings. The van der Waals surface area contributed by atoms with Crippen LogP contribution in [0.25, 0.3) is 11.0 Å². The number of hydrogen-bond acceptors (Lipinski definition) is 2. The van der Waals surface area contributed by atoms with Crippen LogP contribution >= 0.6 is 0 Å². The van der Waals surface area contributed by atoms with Crippen molar-refractivity contribution in [1.82, 2.24) is 15.3 Å². The summed E-state index contributed by atoms with van der Waals surface area (Å²) < 4.78 is 0.